The summed E-state index contributed by atoms with van der Waals surface area (Å²) in [5, 5.41) is 61.2. The maximum Gasteiger partial charge on any atom is 0.166 e. The molecular formula is C39H46N4O6. The Hall–Kier alpha value is -3.18. The fraction of sp³-hybridized carbons (Fsp3) is 0.641. The monoisotopic (exact) mass is 666 g/mol. The van der Waals surface area contributed by atoms with Crippen LogP contribution in [0.1, 0.15) is 87.0 Å². The van der Waals surface area contributed by atoms with Crippen LogP contribution in [0.3, 0.4) is 0 Å². The average Bonchev–Trinajstić information content (AvgIpc) is 4.01. The third kappa shape index (κ3) is 3.61. The Morgan fingerprint density at radius 2 is 1.43 bits per heavy atom. The van der Waals surface area contributed by atoms with Gasteiger partial charge in [-0.3, -0.25) is 4.90 Å². The minimum atomic E-state index is -1.08. The first-order chi connectivity index (χ1) is 23.7. The van der Waals surface area contributed by atoms with Crippen molar-refractivity contribution in [2.75, 3.05) is 19.6 Å². The van der Waals surface area contributed by atoms with Gasteiger partial charge in [0.1, 0.15) is 0 Å². The molecule has 49 heavy (non-hydrogen) atoms. The summed E-state index contributed by atoms with van der Waals surface area (Å²) >= 11 is 0. The smallest absolute Gasteiger partial charge is 0.166 e. The van der Waals surface area contributed by atoms with Gasteiger partial charge in [0.15, 0.2) is 35.2 Å². The molecule has 1 saturated heterocycles. The fourth-order valence-electron chi connectivity index (χ4n) is 11.8. The second-order valence-corrected chi connectivity index (χ2v) is 17.1. The molecule has 4 saturated carbocycles. The van der Waals surface area contributed by atoms with Crippen molar-refractivity contribution in [1.82, 2.24) is 10.2 Å². The van der Waals surface area contributed by atoms with Gasteiger partial charge >= 0.3 is 0 Å². The lowest BCUT2D eigenvalue weighted by molar-refractivity contribution is -0.166. The Labute approximate surface area is 286 Å². The molecule has 0 amide bonds. The van der Waals surface area contributed by atoms with Crippen LogP contribution in [0.4, 0.5) is 0 Å². The van der Waals surface area contributed by atoms with E-state index in [0.29, 0.717) is 49.5 Å². The lowest BCUT2D eigenvalue weighted by atomic mass is 9.49. The summed E-state index contributed by atoms with van der Waals surface area (Å²) in [4.78, 5) is 2.54. The number of phenolic OH excluding ortho intramolecular Hbond substituents is 2. The van der Waals surface area contributed by atoms with Crippen molar-refractivity contribution >= 4 is 11.4 Å². The van der Waals surface area contributed by atoms with Crippen LogP contribution in [0.15, 0.2) is 34.5 Å². The van der Waals surface area contributed by atoms with E-state index in [1.54, 1.807) is 12.1 Å². The summed E-state index contributed by atoms with van der Waals surface area (Å²) in [7, 11) is 0. The third-order valence-electron chi connectivity index (χ3n) is 14.7. The van der Waals surface area contributed by atoms with E-state index in [2.05, 4.69) is 17.1 Å². The molecule has 5 N–H and O–H groups in total. The van der Waals surface area contributed by atoms with E-state index in [4.69, 9.17) is 19.7 Å². The normalized spacial score (nSPS) is 42.5. The highest BCUT2D eigenvalue weighted by molar-refractivity contribution is 5.97. The van der Waals surface area contributed by atoms with Crippen molar-refractivity contribution in [1.29, 1.82) is 0 Å². The first-order valence-electron chi connectivity index (χ1n) is 18.7. The second kappa shape index (κ2) is 9.57. The summed E-state index contributed by atoms with van der Waals surface area (Å²) in [6.07, 6.45) is 8.22. The molecule has 8 atom stereocenters. The number of aromatic hydroxyl groups is 2. The van der Waals surface area contributed by atoms with Gasteiger partial charge in [0.05, 0.1) is 33.5 Å². The van der Waals surface area contributed by atoms with E-state index < -0.39 is 34.2 Å². The van der Waals surface area contributed by atoms with Gasteiger partial charge < -0.3 is 35.2 Å². The maximum absolute atomic E-state index is 12.8. The van der Waals surface area contributed by atoms with Gasteiger partial charge in [-0.2, -0.15) is 10.2 Å². The number of nitrogens with one attached hydrogen (secondary N) is 1. The summed E-state index contributed by atoms with van der Waals surface area (Å²) in [6, 6.07) is 7.33. The maximum atomic E-state index is 12.8. The molecule has 0 aromatic heterocycles. The molecule has 1 spiro atoms. The fourth-order valence-corrected chi connectivity index (χ4v) is 11.8. The van der Waals surface area contributed by atoms with Gasteiger partial charge in [0, 0.05) is 29.8 Å². The largest absolute Gasteiger partial charge is 0.504 e. The highest BCUT2D eigenvalue weighted by atomic mass is 16.5. The first kappa shape index (κ1) is 29.5. The molecule has 3 aliphatic heterocycles. The van der Waals surface area contributed by atoms with Crippen LogP contribution in [0.5, 0.6) is 23.0 Å². The standard InChI is InChI=1S/C39H46N4O6/c1-36-30-22-6-8-26(44)32(30)48-34(36)24(10-12-38(36,46)28(16-22)40-18-20-2-3-20)41-42-25-11-13-39(47)29-17-23-7-9-27(45)33-31(23)37(39,35(25)49-33)14-15-43(29)19-21-4-5-21/h6-9,20-21,28-29,34-35,40,44-47H,2-5,10-19H2,1H3/b41-24+,42-25+/t28-,29+,34+,35-,36?,37-,38-,39+/m1/s1. The van der Waals surface area contributed by atoms with Crippen LogP contribution in [0.25, 0.3) is 0 Å². The van der Waals surface area contributed by atoms with E-state index in [0.717, 1.165) is 72.1 Å². The highest BCUT2D eigenvalue weighted by Crippen LogP contribution is 2.66. The number of benzene rings is 2. The summed E-state index contributed by atoms with van der Waals surface area (Å²) in [5.41, 5.74) is 2.08. The van der Waals surface area contributed by atoms with E-state index in [1.165, 1.54) is 25.7 Å². The molecule has 2 aromatic carbocycles. The van der Waals surface area contributed by atoms with E-state index in [-0.39, 0.29) is 23.6 Å². The molecule has 1 unspecified atom stereocenters. The zero-order valence-corrected chi connectivity index (χ0v) is 28.1. The van der Waals surface area contributed by atoms with Crippen molar-refractivity contribution in [3.8, 4) is 23.0 Å². The summed E-state index contributed by atoms with van der Waals surface area (Å²) in [6.45, 7) is 4.90. The molecule has 10 heteroatoms. The Bertz CT molecular complexity index is 1870. The second-order valence-electron chi connectivity index (χ2n) is 17.1. The topological polar surface area (TPSA) is 139 Å². The number of piperidine rings is 1. The van der Waals surface area contributed by atoms with Crippen molar-refractivity contribution in [3.05, 3.63) is 46.5 Å². The number of hydrogen-bond acceptors (Lipinski definition) is 10. The highest BCUT2D eigenvalue weighted by Gasteiger charge is 2.73. The van der Waals surface area contributed by atoms with Crippen LogP contribution in [0, 0.1) is 11.8 Å². The molecule has 11 rings (SSSR count). The molecule has 6 aliphatic carbocycles. The number of likely N-dealkylation sites (tertiary alicyclic amines) is 1. The van der Waals surface area contributed by atoms with E-state index in [9.17, 15) is 20.4 Å². The first-order valence-corrected chi connectivity index (χ1v) is 18.7. The molecule has 2 bridgehead atoms. The van der Waals surface area contributed by atoms with Crippen molar-refractivity contribution in [3.63, 3.8) is 0 Å². The summed E-state index contributed by atoms with van der Waals surface area (Å²) in [5.74, 6) is 2.56. The molecule has 9 aliphatic rings. The van der Waals surface area contributed by atoms with Crippen molar-refractivity contribution in [2.45, 2.75) is 124 Å². The minimum Gasteiger partial charge on any atom is -0.504 e. The number of phenols is 2. The van der Waals surface area contributed by atoms with Crippen LogP contribution in [0.2, 0.25) is 0 Å². The van der Waals surface area contributed by atoms with Gasteiger partial charge in [-0.25, -0.2) is 0 Å². The predicted molar refractivity (Wildman–Crippen MR) is 182 cm³/mol. The number of aliphatic hydroxyl groups is 2. The minimum absolute atomic E-state index is 0.000171. The van der Waals surface area contributed by atoms with Crippen LogP contribution >= 0.6 is 0 Å². The quantitative estimate of drug-likeness (QED) is 0.295. The molecule has 2 aromatic rings. The zero-order chi connectivity index (χ0) is 33.1. The number of hydrogen-bond donors (Lipinski definition) is 5. The average molecular weight is 667 g/mol. The van der Waals surface area contributed by atoms with Gasteiger partial charge in [-0.1, -0.05) is 12.1 Å². The van der Waals surface area contributed by atoms with E-state index >= 15 is 0 Å². The molecular weight excluding hydrogens is 620 g/mol. The van der Waals surface area contributed by atoms with Crippen LogP contribution < -0.4 is 14.8 Å². The van der Waals surface area contributed by atoms with Crippen molar-refractivity contribution in [2.24, 2.45) is 22.0 Å². The zero-order valence-electron chi connectivity index (χ0n) is 28.1. The molecule has 3 heterocycles. The molecule has 258 valence electrons. The molecule has 10 nitrogen and oxygen atoms in total. The molecule has 5 fully saturated rings. The Kier molecular flexibility index (Phi) is 5.77. The van der Waals surface area contributed by atoms with Crippen LogP contribution in [-0.2, 0) is 23.7 Å². The predicted octanol–water partition coefficient (Wildman–Crippen LogP) is 3.63. The Morgan fingerprint density at radius 1 is 0.796 bits per heavy atom. The van der Waals surface area contributed by atoms with E-state index in [1.807, 2.05) is 12.1 Å². The third-order valence-corrected chi connectivity index (χ3v) is 14.7. The van der Waals surface area contributed by atoms with Gasteiger partial charge in [0.2, 0.25) is 0 Å². The lowest BCUT2D eigenvalue weighted by Gasteiger charge is -2.63. The molecule has 0 radical (unpaired) electrons. The number of ether oxygens (including phenoxy) is 2. The SMILES string of the molecule is CC12c3c4ccc(O)c3O[C@H]1/C(=N/N=C1\CC[C@]3(O)[C@@H]5Cc6ccc(O)c7c6[C@]3(CCN5CC3CC3)[C@@H]1O7)CC[C@@]2(O)[C@H](NCC1CC1)C4. The van der Waals surface area contributed by atoms with Gasteiger partial charge in [-0.05, 0) is 126 Å². The lowest BCUT2D eigenvalue weighted by Crippen LogP contribution is -2.76. The van der Waals surface area contributed by atoms with Crippen molar-refractivity contribution < 1.29 is 29.9 Å². The van der Waals surface area contributed by atoms with Gasteiger partial charge in [0.25, 0.3) is 0 Å². The van der Waals surface area contributed by atoms with Crippen LogP contribution in [-0.4, -0.2) is 91.9 Å². The Morgan fingerprint density at radius 3 is 2.14 bits per heavy atom. The Balaban J connectivity index is 0.982. The number of rotatable bonds is 6. The number of nitrogens with zero attached hydrogens (tertiary/aromatic N) is 3. The summed E-state index contributed by atoms with van der Waals surface area (Å²) < 4.78 is 13.3. The van der Waals surface area contributed by atoms with Gasteiger partial charge in [-0.15, -0.1) is 0 Å².